The Hall–Kier alpha value is -1.13. The Morgan fingerprint density at radius 1 is 1.31 bits per heavy atom. The Labute approximate surface area is 177 Å². The highest BCUT2D eigenvalue weighted by Crippen LogP contribution is 2.48. The normalized spacial score (nSPS) is 31.3. The molecule has 0 aromatic rings. The number of aliphatic hydroxyl groups excluding tert-OH is 1. The van der Waals surface area contributed by atoms with E-state index in [1.807, 2.05) is 11.8 Å². The first-order valence-corrected chi connectivity index (χ1v) is 11.9. The lowest BCUT2D eigenvalue weighted by Gasteiger charge is -2.22. The number of likely N-dealkylation sites (tertiary alicyclic amines) is 1. The Bertz CT molecular complexity index is 603. The zero-order chi connectivity index (χ0) is 20.9. The number of fused-ring (bicyclic) bond motifs is 1. The van der Waals surface area contributed by atoms with E-state index in [1.54, 1.807) is 0 Å². The molecule has 4 heteroatoms. The van der Waals surface area contributed by atoms with Gasteiger partial charge in [0.15, 0.2) is 0 Å². The van der Waals surface area contributed by atoms with Crippen molar-refractivity contribution in [1.29, 1.82) is 0 Å². The standard InChI is InChI=1S/C25H41NO3/c1-3-4-12-25(2,29)13-8-10-21-22-17-19(16-20(22)18-23(21)27)9-7-11-24(28)26-14-5-6-15-26/h8,10,16,20-23,27,29H,3-7,9,11-15,17-18H2,1-2H3/b10-8+/t20-,21+,22-,23+,25-/m0/s1. The number of carbonyl (C=O) groups excluding carboxylic acids is 1. The van der Waals surface area contributed by atoms with Crippen LogP contribution in [0.2, 0.25) is 0 Å². The molecule has 1 saturated heterocycles. The summed E-state index contributed by atoms with van der Waals surface area (Å²) in [5.74, 6) is 1.49. The van der Waals surface area contributed by atoms with Crippen molar-refractivity contribution >= 4 is 5.91 Å². The maximum absolute atomic E-state index is 12.2. The van der Waals surface area contributed by atoms with Crippen LogP contribution in [0.5, 0.6) is 0 Å². The van der Waals surface area contributed by atoms with Crippen LogP contribution in [-0.2, 0) is 4.79 Å². The van der Waals surface area contributed by atoms with Gasteiger partial charge in [-0.3, -0.25) is 4.79 Å². The van der Waals surface area contributed by atoms with Gasteiger partial charge in [0.05, 0.1) is 11.7 Å². The van der Waals surface area contributed by atoms with Gasteiger partial charge in [0.2, 0.25) is 5.91 Å². The highest BCUT2D eigenvalue weighted by Gasteiger charge is 2.43. The number of amides is 1. The van der Waals surface area contributed by atoms with Crippen LogP contribution in [-0.4, -0.2) is 45.8 Å². The minimum Gasteiger partial charge on any atom is -0.392 e. The maximum Gasteiger partial charge on any atom is 0.222 e. The molecule has 0 unspecified atom stereocenters. The van der Waals surface area contributed by atoms with Crippen LogP contribution in [0.4, 0.5) is 0 Å². The molecule has 2 N–H and O–H groups in total. The minimum absolute atomic E-state index is 0.196. The van der Waals surface area contributed by atoms with Crippen molar-refractivity contribution in [2.45, 2.75) is 96.2 Å². The SMILES string of the molecule is CCCC[C@](C)(O)C/C=C/[C@@H]1[C@H]2CC(CCCC(=O)N3CCCC3)=C[C@H]2C[C@H]1O. The van der Waals surface area contributed by atoms with Crippen molar-refractivity contribution in [2.75, 3.05) is 13.1 Å². The van der Waals surface area contributed by atoms with Gasteiger partial charge in [0, 0.05) is 25.4 Å². The highest BCUT2D eigenvalue weighted by molar-refractivity contribution is 5.76. The maximum atomic E-state index is 12.2. The number of hydrogen-bond donors (Lipinski definition) is 2. The number of carbonyl (C=O) groups is 1. The molecule has 2 fully saturated rings. The van der Waals surface area contributed by atoms with Gasteiger partial charge in [-0.05, 0) is 70.1 Å². The predicted molar refractivity (Wildman–Crippen MR) is 117 cm³/mol. The summed E-state index contributed by atoms with van der Waals surface area (Å²) in [6.07, 6.45) is 16.9. The van der Waals surface area contributed by atoms with Crippen molar-refractivity contribution in [3.63, 3.8) is 0 Å². The molecule has 5 atom stereocenters. The van der Waals surface area contributed by atoms with E-state index >= 15 is 0 Å². The molecule has 0 spiro atoms. The Morgan fingerprint density at radius 2 is 2.07 bits per heavy atom. The Kier molecular flexibility index (Phi) is 7.98. The van der Waals surface area contributed by atoms with Crippen LogP contribution in [0.1, 0.15) is 84.5 Å². The van der Waals surface area contributed by atoms with Gasteiger partial charge in [0.1, 0.15) is 0 Å². The second-order valence-corrected chi connectivity index (χ2v) is 9.91. The van der Waals surface area contributed by atoms with Crippen molar-refractivity contribution in [3.8, 4) is 0 Å². The van der Waals surface area contributed by atoms with Gasteiger partial charge in [-0.2, -0.15) is 0 Å². The van der Waals surface area contributed by atoms with Crippen LogP contribution >= 0.6 is 0 Å². The average Bonchev–Trinajstić information content (AvgIpc) is 3.38. The fourth-order valence-corrected chi connectivity index (χ4v) is 5.52. The molecular weight excluding hydrogens is 362 g/mol. The number of hydrogen-bond acceptors (Lipinski definition) is 3. The monoisotopic (exact) mass is 403 g/mol. The number of unbranched alkanes of at least 4 members (excludes halogenated alkanes) is 1. The lowest BCUT2D eigenvalue weighted by Crippen LogP contribution is -2.27. The van der Waals surface area contributed by atoms with Gasteiger partial charge >= 0.3 is 0 Å². The molecule has 164 valence electrons. The average molecular weight is 404 g/mol. The van der Waals surface area contributed by atoms with Gasteiger partial charge in [0.25, 0.3) is 0 Å². The molecule has 4 nitrogen and oxygen atoms in total. The van der Waals surface area contributed by atoms with Crippen molar-refractivity contribution < 1.29 is 15.0 Å². The van der Waals surface area contributed by atoms with Gasteiger partial charge in [-0.25, -0.2) is 0 Å². The molecule has 3 rings (SSSR count). The van der Waals surface area contributed by atoms with Crippen LogP contribution in [0, 0.1) is 17.8 Å². The van der Waals surface area contributed by atoms with Crippen molar-refractivity contribution in [1.82, 2.24) is 4.90 Å². The fourth-order valence-electron chi connectivity index (χ4n) is 5.52. The molecule has 0 radical (unpaired) electrons. The summed E-state index contributed by atoms with van der Waals surface area (Å²) in [4.78, 5) is 14.2. The summed E-state index contributed by atoms with van der Waals surface area (Å²) in [6, 6.07) is 0. The lowest BCUT2D eigenvalue weighted by atomic mass is 9.87. The molecule has 1 heterocycles. The molecule has 1 saturated carbocycles. The minimum atomic E-state index is -0.642. The first kappa shape index (κ1) is 22.6. The number of rotatable bonds is 10. The van der Waals surface area contributed by atoms with E-state index in [9.17, 15) is 15.0 Å². The molecule has 29 heavy (non-hydrogen) atoms. The van der Waals surface area contributed by atoms with Crippen LogP contribution in [0.3, 0.4) is 0 Å². The zero-order valence-electron chi connectivity index (χ0n) is 18.5. The third kappa shape index (κ3) is 6.18. The molecule has 1 amide bonds. The molecule has 0 bridgehead atoms. The number of allylic oxidation sites excluding steroid dienone is 2. The third-order valence-corrected chi connectivity index (χ3v) is 7.28. The van der Waals surface area contributed by atoms with Gasteiger partial charge in [-0.1, -0.05) is 43.6 Å². The summed E-state index contributed by atoms with van der Waals surface area (Å²) in [5.41, 5.74) is 0.839. The van der Waals surface area contributed by atoms with Crippen LogP contribution in [0.15, 0.2) is 23.8 Å². The van der Waals surface area contributed by atoms with E-state index in [1.165, 1.54) is 5.57 Å². The fraction of sp³-hybridized carbons (Fsp3) is 0.800. The molecule has 3 aliphatic rings. The van der Waals surface area contributed by atoms with Crippen LogP contribution in [0.25, 0.3) is 0 Å². The highest BCUT2D eigenvalue weighted by atomic mass is 16.3. The molecule has 2 aliphatic carbocycles. The molecule has 1 aliphatic heterocycles. The summed E-state index contributed by atoms with van der Waals surface area (Å²) in [5, 5.41) is 21.0. The zero-order valence-corrected chi connectivity index (χ0v) is 18.5. The summed E-state index contributed by atoms with van der Waals surface area (Å²) < 4.78 is 0. The quantitative estimate of drug-likeness (QED) is 0.524. The topological polar surface area (TPSA) is 60.8 Å². The predicted octanol–water partition coefficient (Wildman–Crippen LogP) is 4.61. The van der Waals surface area contributed by atoms with Gasteiger partial charge in [-0.15, -0.1) is 0 Å². The second kappa shape index (κ2) is 10.3. The number of aliphatic hydroxyl groups is 2. The second-order valence-electron chi connectivity index (χ2n) is 9.91. The Balaban J connectivity index is 1.44. The molecule has 0 aromatic carbocycles. The Morgan fingerprint density at radius 3 is 2.79 bits per heavy atom. The van der Waals surface area contributed by atoms with E-state index in [4.69, 9.17) is 0 Å². The van der Waals surface area contributed by atoms with E-state index in [-0.39, 0.29) is 12.0 Å². The summed E-state index contributed by atoms with van der Waals surface area (Å²) >= 11 is 0. The summed E-state index contributed by atoms with van der Waals surface area (Å²) in [6.45, 7) is 5.96. The van der Waals surface area contributed by atoms with Gasteiger partial charge < -0.3 is 15.1 Å². The molecule has 0 aromatic heterocycles. The first-order valence-electron chi connectivity index (χ1n) is 11.9. The molecular formula is C25H41NO3. The number of nitrogens with zero attached hydrogens (tertiary/aromatic N) is 1. The first-order chi connectivity index (χ1) is 13.9. The van der Waals surface area contributed by atoms with Crippen molar-refractivity contribution in [2.24, 2.45) is 17.8 Å². The van der Waals surface area contributed by atoms with Crippen LogP contribution < -0.4 is 0 Å². The van der Waals surface area contributed by atoms with Crippen molar-refractivity contribution in [3.05, 3.63) is 23.8 Å². The lowest BCUT2D eigenvalue weighted by molar-refractivity contribution is -0.130. The van der Waals surface area contributed by atoms with E-state index in [0.717, 1.165) is 70.9 Å². The third-order valence-electron chi connectivity index (χ3n) is 7.28. The largest absolute Gasteiger partial charge is 0.392 e. The summed E-state index contributed by atoms with van der Waals surface area (Å²) in [7, 11) is 0. The van der Waals surface area contributed by atoms with E-state index in [0.29, 0.717) is 30.6 Å². The van der Waals surface area contributed by atoms with E-state index in [2.05, 4.69) is 25.2 Å². The van der Waals surface area contributed by atoms with E-state index < -0.39 is 5.60 Å². The smallest absolute Gasteiger partial charge is 0.222 e.